The molecule has 0 bridgehead atoms. The Labute approximate surface area is 122 Å². The van der Waals surface area contributed by atoms with Crippen molar-refractivity contribution in [3.8, 4) is 0 Å². The van der Waals surface area contributed by atoms with Gasteiger partial charge in [-0.3, -0.25) is 0 Å². The first-order valence-electron chi connectivity index (χ1n) is 6.60. The summed E-state index contributed by atoms with van der Waals surface area (Å²) in [6.07, 6.45) is -0.196. The molecule has 106 valence electrons. The van der Waals surface area contributed by atoms with Crippen molar-refractivity contribution >= 4 is 28.3 Å². The Kier molecular flexibility index (Phi) is 3.74. The first kappa shape index (κ1) is 13.5. The zero-order valence-electron chi connectivity index (χ0n) is 11.2. The van der Waals surface area contributed by atoms with E-state index in [9.17, 15) is 5.11 Å². The lowest BCUT2D eigenvalue weighted by Gasteiger charge is -2.38. The number of rotatable bonds is 2. The van der Waals surface area contributed by atoms with Gasteiger partial charge in [0.15, 0.2) is 0 Å². The molecule has 1 aromatic heterocycles. The number of para-hydroxylation sites is 1. The van der Waals surface area contributed by atoms with Gasteiger partial charge in [-0.25, -0.2) is 4.98 Å². The van der Waals surface area contributed by atoms with Gasteiger partial charge >= 0.3 is 0 Å². The third-order valence-electron chi connectivity index (χ3n) is 3.54. The molecular weight excluding hydrogens is 278 g/mol. The van der Waals surface area contributed by atoms with Gasteiger partial charge in [-0.1, -0.05) is 12.1 Å². The molecule has 5 nitrogen and oxygen atoms in total. The van der Waals surface area contributed by atoms with Crippen LogP contribution in [0.15, 0.2) is 24.3 Å². The van der Waals surface area contributed by atoms with Gasteiger partial charge in [0.25, 0.3) is 0 Å². The Morgan fingerprint density at radius 3 is 3.00 bits per heavy atom. The molecule has 2 heterocycles. The van der Waals surface area contributed by atoms with Crippen molar-refractivity contribution in [2.75, 3.05) is 24.7 Å². The smallest absolute Gasteiger partial charge is 0.224 e. The normalized spacial score (nSPS) is 23.2. The van der Waals surface area contributed by atoms with Crippen LogP contribution in [-0.2, 0) is 4.74 Å². The number of aliphatic hydroxyl groups excluding tert-OH is 1. The molecule has 2 aromatic rings. The van der Waals surface area contributed by atoms with Crippen molar-refractivity contribution in [2.24, 2.45) is 0 Å². The number of nitrogens with zero attached hydrogens (tertiary/aromatic N) is 3. The first-order valence-corrected chi connectivity index (χ1v) is 6.98. The van der Waals surface area contributed by atoms with Crippen molar-refractivity contribution in [3.63, 3.8) is 0 Å². The van der Waals surface area contributed by atoms with Crippen molar-refractivity contribution < 1.29 is 9.84 Å². The largest absolute Gasteiger partial charge is 0.394 e. The van der Waals surface area contributed by atoms with Crippen molar-refractivity contribution in [1.29, 1.82) is 0 Å². The lowest BCUT2D eigenvalue weighted by atomic mass is 10.1. The van der Waals surface area contributed by atoms with Gasteiger partial charge in [0.2, 0.25) is 5.28 Å². The molecule has 3 rings (SSSR count). The SMILES string of the molecule is CC1COC(CO)CN1c1nc(Cl)nc2ccccc12. The molecule has 0 saturated carbocycles. The van der Waals surface area contributed by atoms with E-state index in [1.807, 2.05) is 24.3 Å². The zero-order chi connectivity index (χ0) is 14.1. The minimum atomic E-state index is -0.196. The number of morpholine rings is 1. The molecule has 1 saturated heterocycles. The molecule has 20 heavy (non-hydrogen) atoms. The highest BCUT2D eigenvalue weighted by Gasteiger charge is 2.28. The molecule has 0 amide bonds. The van der Waals surface area contributed by atoms with Gasteiger partial charge in [-0.15, -0.1) is 0 Å². The Morgan fingerprint density at radius 1 is 1.40 bits per heavy atom. The molecule has 1 aliphatic rings. The molecule has 2 atom stereocenters. The van der Waals surface area contributed by atoms with Crippen LogP contribution in [0, 0.1) is 0 Å². The van der Waals surface area contributed by atoms with Crippen LogP contribution >= 0.6 is 11.6 Å². The number of hydrogen-bond acceptors (Lipinski definition) is 5. The highest BCUT2D eigenvalue weighted by molar-refractivity contribution is 6.28. The monoisotopic (exact) mass is 293 g/mol. The summed E-state index contributed by atoms with van der Waals surface area (Å²) in [5.74, 6) is 0.801. The molecule has 0 aliphatic carbocycles. The summed E-state index contributed by atoms with van der Waals surface area (Å²) in [7, 11) is 0. The van der Waals surface area contributed by atoms with Crippen LogP contribution in [0.1, 0.15) is 6.92 Å². The number of aliphatic hydroxyl groups is 1. The van der Waals surface area contributed by atoms with Gasteiger partial charge in [-0.2, -0.15) is 4.98 Å². The average Bonchev–Trinajstić information content (AvgIpc) is 2.47. The first-order chi connectivity index (χ1) is 9.69. The van der Waals surface area contributed by atoms with Crippen LogP contribution in [0.5, 0.6) is 0 Å². The number of fused-ring (bicyclic) bond motifs is 1. The minimum absolute atomic E-state index is 0.0000315. The Morgan fingerprint density at radius 2 is 2.20 bits per heavy atom. The highest BCUT2D eigenvalue weighted by atomic mass is 35.5. The van der Waals surface area contributed by atoms with E-state index >= 15 is 0 Å². The summed E-state index contributed by atoms with van der Waals surface area (Å²) >= 11 is 6.03. The Bertz CT molecular complexity index is 622. The number of aromatic nitrogens is 2. The van der Waals surface area contributed by atoms with Gasteiger partial charge in [0.1, 0.15) is 5.82 Å². The van der Waals surface area contributed by atoms with Gasteiger partial charge in [-0.05, 0) is 30.7 Å². The summed E-state index contributed by atoms with van der Waals surface area (Å²) in [5, 5.41) is 10.5. The van der Waals surface area contributed by atoms with Crippen molar-refractivity contribution in [1.82, 2.24) is 9.97 Å². The molecule has 0 radical (unpaired) electrons. The summed E-state index contributed by atoms with van der Waals surface area (Å²) < 4.78 is 5.57. The highest BCUT2D eigenvalue weighted by Crippen LogP contribution is 2.28. The fraction of sp³-hybridized carbons (Fsp3) is 0.429. The number of ether oxygens (including phenoxy) is 1. The van der Waals surface area contributed by atoms with Gasteiger partial charge < -0.3 is 14.7 Å². The third-order valence-corrected chi connectivity index (χ3v) is 3.71. The van der Waals surface area contributed by atoms with Crippen molar-refractivity contribution in [3.05, 3.63) is 29.5 Å². The molecule has 0 spiro atoms. The van der Waals surface area contributed by atoms with Crippen LogP contribution in [0.4, 0.5) is 5.82 Å². The maximum atomic E-state index is 9.30. The van der Waals surface area contributed by atoms with E-state index in [1.165, 1.54) is 0 Å². The van der Waals surface area contributed by atoms with Crippen LogP contribution in [-0.4, -0.2) is 47.0 Å². The summed E-state index contributed by atoms with van der Waals surface area (Å²) in [4.78, 5) is 10.8. The maximum absolute atomic E-state index is 9.30. The van der Waals surface area contributed by atoms with Gasteiger partial charge in [0, 0.05) is 11.9 Å². The van der Waals surface area contributed by atoms with E-state index in [-0.39, 0.29) is 24.0 Å². The topological polar surface area (TPSA) is 58.5 Å². The second kappa shape index (κ2) is 5.52. The molecular formula is C14H16ClN3O2. The molecule has 2 unspecified atom stereocenters. The Hall–Kier alpha value is -1.43. The van der Waals surface area contributed by atoms with E-state index in [0.29, 0.717) is 13.2 Å². The Balaban J connectivity index is 2.08. The second-order valence-electron chi connectivity index (χ2n) is 4.97. The summed E-state index contributed by atoms with van der Waals surface area (Å²) in [5.41, 5.74) is 0.821. The molecule has 1 aliphatic heterocycles. The number of anilines is 1. The molecule has 1 aromatic carbocycles. The van der Waals surface area contributed by atoms with Crippen LogP contribution in [0.2, 0.25) is 5.28 Å². The second-order valence-corrected chi connectivity index (χ2v) is 5.31. The fourth-order valence-electron chi connectivity index (χ4n) is 2.47. The van der Waals surface area contributed by atoms with Gasteiger partial charge in [0.05, 0.1) is 30.9 Å². The van der Waals surface area contributed by atoms with Crippen LogP contribution < -0.4 is 4.90 Å². The standard InChI is InChI=1S/C14H16ClN3O2/c1-9-8-20-10(7-19)6-18(9)13-11-4-2-3-5-12(11)16-14(15)17-13/h2-5,9-10,19H,6-8H2,1H3. The van der Waals surface area contributed by atoms with Crippen LogP contribution in [0.3, 0.4) is 0 Å². The lowest BCUT2D eigenvalue weighted by molar-refractivity contribution is -0.0104. The summed E-state index contributed by atoms with van der Waals surface area (Å²) in [6, 6.07) is 7.96. The predicted octanol–water partition coefficient (Wildman–Crippen LogP) is 1.87. The minimum Gasteiger partial charge on any atom is -0.394 e. The lowest BCUT2D eigenvalue weighted by Crippen LogP contribution is -2.50. The zero-order valence-corrected chi connectivity index (χ0v) is 11.9. The maximum Gasteiger partial charge on any atom is 0.224 e. The molecule has 6 heteroatoms. The average molecular weight is 294 g/mol. The number of benzene rings is 1. The quantitative estimate of drug-likeness (QED) is 0.857. The summed E-state index contributed by atoms with van der Waals surface area (Å²) in [6.45, 7) is 3.22. The third kappa shape index (κ3) is 2.44. The number of halogens is 1. The van der Waals surface area contributed by atoms with E-state index in [4.69, 9.17) is 16.3 Å². The van der Waals surface area contributed by atoms with E-state index in [2.05, 4.69) is 21.8 Å². The van der Waals surface area contributed by atoms with E-state index in [0.717, 1.165) is 16.7 Å². The van der Waals surface area contributed by atoms with Crippen LogP contribution in [0.25, 0.3) is 10.9 Å². The van der Waals surface area contributed by atoms with E-state index in [1.54, 1.807) is 0 Å². The fourth-order valence-corrected chi connectivity index (χ4v) is 2.65. The van der Waals surface area contributed by atoms with E-state index < -0.39 is 0 Å². The number of hydrogen-bond donors (Lipinski definition) is 1. The predicted molar refractivity (Wildman–Crippen MR) is 78.2 cm³/mol. The molecule has 1 N–H and O–H groups in total. The van der Waals surface area contributed by atoms with Crippen molar-refractivity contribution in [2.45, 2.75) is 19.1 Å². The molecule has 1 fully saturated rings.